The molecule has 1 aromatic carbocycles. The van der Waals surface area contributed by atoms with Gasteiger partial charge in [0.15, 0.2) is 0 Å². The molecule has 0 radical (unpaired) electrons. The van der Waals surface area contributed by atoms with Crippen molar-refractivity contribution >= 4 is 12.0 Å². The van der Waals surface area contributed by atoms with E-state index >= 15 is 0 Å². The van der Waals surface area contributed by atoms with E-state index in [1.807, 2.05) is 31.2 Å². The molecule has 0 spiro atoms. The van der Waals surface area contributed by atoms with Gasteiger partial charge in [0.05, 0.1) is 18.8 Å². The summed E-state index contributed by atoms with van der Waals surface area (Å²) in [5, 5.41) is 2.97. The number of nitrogens with zero attached hydrogens (tertiary/aromatic N) is 3. The maximum Gasteiger partial charge on any atom is 0.410 e. The smallest absolute Gasteiger partial charge is 0.410 e. The first-order valence-corrected chi connectivity index (χ1v) is 12.5. The zero-order valence-corrected chi connectivity index (χ0v) is 20.6. The third-order valence-corrected chi connectivity index (χ3v) is 6.61. The van der Waals surface area contributed by atoms with Crippen molar-refractivity contribution < 1.29 is 14.3 Å². The van der Waals surface area contributed by atoms with Gasteiger partial charge in [-0.25, -0.2) is 9.78 Å². The molecular weight excluding hydrogens is 444 g/mol. The van der Waals surface area contributed by atoms with Crippen LogP contribution in [0.2, 0.25) is 0 Å². The highest BCUT2D eigenvalue weighted by Gasteiger charge is 2.27. The lowest BCUT2D eigenvalue weighted by Gasteiger charge is -2.28. The second-order valence-corrected chi connectivity index (χ2v) is 9.20. The number of allylic oxidation sites excluding steroid dienone is 1. The van der Waals surface area contributed by atoms with Gasteiger partial charge in [-0.3, -0.25) is 14.2 Å². The van der Waals surface area contributed by atoms with Crippen LogP contribution in [0.1, 0.15) is 55.8 Å². The number of nitrogens with one attached hydrogen (secondary N) is 1. The average molecular weight is 479 g/mol. The average Bonchev–Trinajstić information content (AvgIpc) is 2.86. The molecule has 0 bridgehead atoms. The highest BCUT2D eigenvalue weighted by molar-refractivity contribution is 5.76. The number of rotatable bonds is 7. The third-order valence-electron chi connectivity index (χ3n) is 6.61. The summed E-state index contributed by atoms with van der Waals surface area (Å²) in [7, 11) is 0. The van der Waals surface area contributed by atoms with E-state index in [9.17, 15) is 14.4 Å². The second kappa shape index (κ2) is 11.3. The number of aromatic nitrogens is 2. The van der Waals surface area contributed by atoms with Gasteiger partial charge >= 0.3 is 6.09 Å². The van der Waals surface area contributed by atoms with Crippen LogP contribution in [0.15, 0.2) is 40.7 Å². The number of benzene rings is 1. The fraction of sp³-hybridized carbons (Fsp3) is 0.481. The van der Waals surface area contributed by atoms with Gasteiger partial charge in [-0.15, -0.1) is 0 Å². The molecule has 0 fully saturated rings. The van der Waals surface area contributed by atoms with Crippen LogP contribution in [0.5, 0.6) is 0 Å². The number of amides is 2. The molecule has 1 aromatic heterocycles. The first-order chi connectivity index (χ1) is 17.0. The van der Waals surface area contributed by atoms with Crippen molar-refractivity contribution in [3.05, 3.63) is 63.1 Å². The zero-order chi connectivity index (χ0) is 24.8. The molecule has 4 rings (SSSR count). The minimum absolute atomic E-state index is 0.0943. The molecule has 0 saturated heterocycles. The molecule has 1 aliphatic carbocycles. The van der Waals surface area contributed by atoms with Crippen molar-refractivity contribution in [3.63, 3.8) is 0 Å². The van der Waals surface area contributed by atoms with Gasteiger partial charge < -0.3 is 15.0 Å². The normalized spacial score (nSPS) is 15.3. The Morgan fingerprint density at radius 3 is 2.66 bits per heavy atom. The van der Waals surface area contributed by atoms with E-state index in [4.69, 9.17) is 9.72 Å². The largest absolute Gasteiger partial charge is 0.450 e. The van der Waals surface area contributed by atoms with Crippen molar-refractivity contribution in [1.82, 2.24) is 19.8 Å². The molecule has 2 aromatic rings. The Bertz CT molecular complexity index is 1170. The molecule has 35 heavy (non-hydrogen) atoms. The number of carbonyl (C=O) groups excluding carboxylic acids is 2. The first-order valence-electron chi connectivity index (χ1n) is 12.5. The van der Waals surface area contributed by atoms with Gasteiger partial charge in [0.2, 0.25) is 5.91 Å². The van der Waals surface area contributed by atoms with Crippen LogP contribution in [-0.4, -0.2) is 46.1 Å². The second-order valence-electron chi connectivity index (χ2n) is 9.20. The number of ether oxygens (including phenoxy) is 1. The quantitative estimate of drug-likeness (QED) is 0.612. The Morgan fingerprint density at radius 2 is 1.94 bits per heavy atom. The summed E-state index contributed by atoms with van der Waals surface area (Å²) in [6.07, 6.45) is 7.77. The van der Waals surface area contributed by atoms with E-state index in [0.29, 0.717) is 36.6 Å². The van der Waals surface area contributed by atoms with Crippen LogP contribution in [0.4, 0.5) is 4.79 Å². The van der Waals surface area contributed by atoms with Gasteiger partial charge in [-0.1, -0.05) is 41.5 Å². The Kier molecular flexibility index (Phi) is 8.00. The van der Waals surface area contributed by atoms with Crippen molar-refractivity contribution in [2.24, 2.45) is 0 Å². The predicted octanol–water partition coefficient (Wildman–Crippen LogP) is 3.74. The summed E-state index contributed by atoms with van der Waals surface area (Å²) in [6.45, 7) is 5.11. The van der Waals surface area contributed by atoms with E-state index in [1.54, 1.807) is 11.8 Å². The van der Waals surface area contributed by atoms with Crippen LogP contribution < -0.4 is 10.9 Å². The SMILES string of the molecule is CCOC(=O)N1CCc2c(nc(-c3ccc(C)cc3)n(CC(=O)NCCC3=CCCCC3)c2=O)C1. The van der Waals surface area contributed by atoms with E-state index in [2.05, 4.69) is 11.4 Å². The molecule has 2 amide bonds. The molecule has 0 saturated carbocycles. The Balaban J connectivity index is 1.58. The van der Waals surface area contributed by atoms with E-state index in [-0.39, 0.29) is 31.2 Å². The van der Waals surface area contributed by atoms with Crippen molar-refractivity contribution in [3.8, 4) is 11.4 Å². The number of hydrogen-bond donors (Lipinski definition) is 1. The lowest BCUT2D eigenvalue weighted by atomic mass is 9.97. The zero-order valence-electron chi connectivity index (χ0n) is 20.6. The third kappa shape index (κ3) is 5.99. The van der Waals surface area contributed by atoms with Crippen LogP contribution in [0.3, 0.4) is 0 Å². The van der Waals surface area contributed by atoms with E-state index in [0.717, 1.165) is 30.4 Å². The summed E-state index contributed by atoms with van der Waals surface area (Å²) in [6, 6.07) is 7.71. The molecule has 8 heteroatoms. The van der Waals surface area contributed by atoms with Gasteiger partial charge in [-0.2, -0.15) is 0 Å². The van der Waals surface area contributed by atoms with E-state index in [1.165, 1.54) is 23.0 Å². The number of hydrogen-bond acceptors (Lipinski definition) is 5. The minimum Gasteiger partial charge on any atom is -0.450 e. The Morgan fingerprint density at radius 1 is 1.14 bits per heavy atom. The maximum absolute atomic E-state index is 13.5. The standard InChI is InChI=1S/C27H34N4O4/c1-3-35-27(34)30-16-14-22-23(17-30)29-25(21-11-9-19(2)10-12-21)31(26(22)33)18-24(32)28-15-13-20-7-5-4-6-8-20/h7,9-12H,3-6,8,13-18H2,1-2H3,(H,28,32). The molecule has 186 valence electrons. The van der Waals surface area contributed by atoms with Crippen LogP contribution in [0.25, 0.3) is 11.4 Å². The molecule has 1 N–H and O–H groups in total. The molecular formula is C27H34N4O4. The minimum atomic E-state index is -0.409. The van der Waals surface area contributed by atoms with Gasteiger partial charge in [0, 0.05) is 24.2 Å². The lowest BCUT2D eigenvalue weighted by molar-refractivity contribution is -0.121. The predicted molar refractivity (Wildman–Crippen MR) is 134 cm³/mol. The molecule has 2 aliphatic rings. The van der Waals surface area contributed by atoms with Gasteiger partial charge in [0.1, 0.15) is 12.4 Å². The number of fused-ring (bicyclic) bond motifs is 1. The number of aryl methyl sites for hydroxylation is 1. The number of carbonyl (C=O) groups is 2. The molecule has 2 heterocycles. The van der Waals surface area contributed by atoms with Gasteiger partial charge in [-0.05, 0) is 52.4 Å². The lowest BCUT2D eigenvalue weighted by Crippen LogP contribution is -2.42. The summed E-state index contributed by atoms with van der Waals surface area (Å²) < 4.78 is 6.60. The summed E-state index contributed by atoms with van der Waals surface area (Å²) >= 11 is 0. The first kappa shape index (κ1) is 24.7. The van der Waals surface area contributed by atoms with Gasteiger partial charge in [0.25, 0.3) is 5.56 Å². The van der Waals surface area contributed by atoms with Crippen molar-refractivity contribution in [2.75, 3.05) is 19.7 Å². The summed E-state index contributed by atoms with van der Waals surface area (Å²) in [5.74, 6) is 0.229. The summed E-state index contributed by atoms with van der Waals surface area (Å²) in [5.41, 5.74) is 4.13. The van der Waals surface area contributed by atoms with Crippen LogP contribution in [-0.2, 0) is 29.0 Å². The molecule has 0 unspecified atom stereocenters. The van der Waals surface area contributed by atoms with Crippen molar-refractivity contribution in [1.29, 1.82) is 0 Å². The van der Waals surface area contributed by atoms with Crippen molar-refractivity contribution in [2.45, 2.75) is 65.5 Å². The fourth-order valence-electron chi connectivity index (χ4n) is 4.66. The highest BCUT2D eigenvalue weighted by Crippen LogP contribution is 2.22. The topological polar surface area (TPSA) is 93.5 Å². The molecule has 1 aliphatic heterocycles. The molecule has 0 atom stereocenters. The monoisotopic (exact) mass is 478 g/mol. The molecule has 8 nitrogen and oxygen atoms in total. The highest BCUT2D eigenvalue weighted by atomic mass is 16.6. The summed E-state index contributed by atoms with van der Waals surface area (Å²) in [4.78, 5) is 45.0. The Hall–Kier alpha value is -3.42. The van der Waals surface area contributed by atoms with Crippen LogP contribution >= 0.6 is 0 Å². The van der Waals surface area contributed by atoms with E-state index < -0.39 is 6.09 Å². The maximum atomic E-state index is 13.5. The fourth-order valence-corrected chi connectivity index (χ4v) is 4.66. The van der Waals surface area contributed by atoms with Crippen LogP contribution in [0, 0.1) is 6.92 Å². The Labute approximate surface area is 206 Å².